The third-order valence-corrected chi connectivity index (χ3v) is 6.30. The first-order valence-electron chi connectivity index (χ1n) is 10.5. The molecule has 0 spiro atoms. The highest BCUT2D eigenvalue weighted by molar-refractivity contribution is 7.92. The molecule has 0 fully saturated rings. The number of benzene rings is 2. The number of aromatic nitrogens is 4. The van der Waals surface area contributed by atoms with Crippen LogP contribution in [-0.4, -0.2) is 34.1 Å². The lowest BCUT2D eigenvalue weighted by Gasteiger charge is -2.10. The summed E-state index contributed by atoms with van der Waals surface area (Å²) < 4.78 is 29.1. The molecular formula is C24H22N6O4S. The topological polar surface area (TPSA) is 136 Å². The number of nitrogens with one attached hydrogen (secondary N) is 2. The van der Waals surface area contributed by atoms with Crippen LogP contribution in [0.15, 0.2) is 76.6 Å². The minimum atomic E-state index is -3.94. The van der Waals surface area contributed by atoms with Crippen LogP contribution in [0.3, 0.4) is 0 Å². The summed E-state index contributed by atoms with van der Waals surface area (Å²) in [7, 11) is -3.94. The van der Waals surface area contributed by atoms with Crippen molar-refractivity contribution in [2.24, 2.45) is 0 Å². The molecule has 0 aliphatic rings. The molecule has 0 saturated carbocycles. The summed E-state index contributed by atoms with van der Waals surface area (Å²) in [5.41, 5.74) is 2.48. The second kappa shape index (κ2) is 9.47. The van der Waals surface area contributed by atoms with E-state index in [0.717, 1.165) is 5.56 Å². The quantitative estimate of drug-likeness (QED) is 0.424. The van der Waals surface area contributed by atoms with Gasteiger partial charge in [-0.3, -0.25) is 9.59 Å². The van der Waals surface area contributed by atoms with E-state index >= 15 is 0 Å². The molecule has 2 aromatic carbocycles. The van der Waals surface area contributed by atoms with Crippen LogP contribution in [0.25, 0.3) is 5.69 Å². The van der Waals surface area contributed by atoms with Gasteiger partial charge in [0.25, 0.3) is 15.9 Å². The Labute approximate surface area is 201 Å². The maximum absolute atomic E-state index is 12.7. The standard InChI is InChI=1S/C24H22N6O4S/c1-15-4-8-19(9-5-15)30-13-12-21(31)22(28-30)23(32)27-18-6-10-20(11-7-18)35(33,34)29-24-25-16(2)14-17(3)26-24/h4-14H,1-3H3,(H,27,32)(H,25,26,29). The summed E-state index contributed by atoms with van der Waals surface area (Å²) in [6.07, 6.45) is 1.48. The first-order chi connectivity index (χ1) is 16.6. The van der Waals surface area contributed by atoms with Gasteiger partial charge < -0.3 is 5.32 Å². The summed E-state index contributed by atoms with van der Waals surface area (Å²) >= 11 is 0. The van der Waals surface area contributed by atoms with Gasteiger partial charge in [-0.2, -0.15) is 5.10 Å². The van der Waals surface area contributed by atoms with Crippen LogP contribution >= 0.6 is 0 Å². The van der Waals surface area contributed by atoms with Crippen LogP contribution < -0.4 is 15.5 Å². The van der Waals surface area contributed by atoms with Gasteiger partial charge in [-0.15, -0.1) is 0 Å². The van der Waals surface area contributed by atoms with Gasteiger partial charge in [-0.05, 0) is 63.2 Å². The highest BCUT2D eigenvalue weighted by Gasteiger charge is 2.18. The normalized spacial score (nSPS) is 11.2. The number of rotatable bonds is 6. The van der Waals surface area contributed by atoms with Gasteiger partial charge in [0.05, 0.1) is 10.6 Å². The summed E-state index contributed by atoms with van der Waals surface area (Å²) in [6.45, 7) is 5.42. The maximum Gasteiger partial charge on any atom is 0.280 e. The van der Waals surface area contributed by atoms with Gasteiger partial charge in [-0.1, -0.05) is 17.7 Å². The number of amides is 1. The lowest BCUT2D eigenvalue weighted by molar-refractivity contribution is 0.101. The summed E-state index contributed by atoms with van der Waals surface area (Å²) in [5.74, 6) is -0.742. The average Bonchev–Trinajstić information content (AvgIpc) is 2.79. The van der Waals surface area contributed by atoms with Gasteiger partial charge in [0, 0.05) is 29.3 Å². The zero-order chi connectivity index (χ0) is 25.2. The highest BCUT2D eigenvalue weighted by atomic mass is 32.2. The molecule has 4 aromatic rings. The van der Waals surface area contributed by atoms with E-state index in [0.29, 0.717) is 22.8 Å². The van der Waals surface area contributed by atoms with E-state index in [4.69, 9.17) is 0 Å². The Hall–Kier alpha value is -4.38. The summed E-state index contributed by atoms with van der Waals surface area (Å²) in [4.78, 5) is 33.1. The minimum absolute atomic E-state index is 0.0279. The SMILES string of the molecule is Cc1ccc(-n2ccc(=O)c(C(=O)Nc3ccc(S(=O)(=O)Nc4nc(C)cc(C)n4)cc3)n2)cc1. The molecule has 11 heteroatoms. The van der Waals surface area contributed by atoms with Gasteiger partial charge in [0.2, 0.25) is 11.4 Å². The monoisotopic (exact) mass is 490 g/mol. The molecule has 2 heterocycles. The molecular weight excluding hydrogens is 468 g/mol. The van der Waals surface area contributed by atoms with E-state index in [1.54, 1.807) is 19.9 Å². The largest absolute Gasteiger partial charge is 0.320 e. The predicted octanol–water partition coefficient (Wildman–Crippen LogP) is 3.00. The molecule has 0 aliphatic heterocycles. The Balaban J connectivity index is 1.51. The zero-order valence-corrected chi connectivity index (χ0v) is 20.0. The van der Waals surface area contributed by atoms with Crippen molar-refractivity contribution in [1.82, 2.24) is 19.7 Å². The Bertz CT molecular complexity index is 1540. The number of carbonyl (C=O) groups is 1. The van der Waals surface area contributed by atoms with Crippen LogP contribution in [0.5, 0.6) is 0 Å². The van der Waals surface area contributed by atoms with E-state index in [1.807, 2.05) is 31.2 Å². The van der Waals surface area contributed by atoms with Gasteiger partial charge in [-0.25, -0.2) is 27.8 Å². The predicted molar refractivity (Wildman–Crippen MR) is 131 cm³/mol. The Kier molecular flexibility index (Phi) is 6.43. The van der Waals surface area contributed by atoms with Crippen molar-refractivity contribution in [3.63, 3.8) is 0 Å². The van der Waals surface area contributed by atoms with Crippen molar-refractivity contribution in [3.8, 4) is 5.69 Å². The van der Waals surface area contributed by atoms with Crippen LogP contribution in [0, 0.1) is 20.8 Å². The second-order valence-corrected chi connectivity index (χ2v) is 9.55. The van der Waals surface area contributed by atoms with E-state index in [9.17, 15) is 18.0 Å². The first kappa shape index (κ1) is 23.8. The Morgan fingerprint density at radius 1 is 0.886 bits per heavy atom. The molecule has 0 saturated heterocycles. The highest BCUT2D eigenvalue weighted by Crippen LogP contribution is 2.17. The Morgan fingerprint density at radius 2 is 1.51 bits per heavy atom. The average molecular weight is 491 g/mol. The summed E-state index contributed by atoms with van der Waals surface area (Å²) in [5, 5.41) is 6.73. The number of nitrogens with zero attached hydrogens (tertiary/aromatic N) is 4. The number of sulfonamides is 1. The van der Waals surface area contributed by atoms with Crippen LogP contribution in [0.4, 0.5) is 11.6 Å². The molecule has 1 amide bonds. The van der Waals surface area contributed by atoms with Crippen molar-refractivity contribution in [1.29, 1.82) is 0 Å². The lowest BCUT2D eigenvalue weighted by atomic mass is 10.2. The van der Waals surface area contributed by atoms with Gasteiger partial charge >= 0.3 is 0 Å². The number of anilines is 2. The molecule has 0 aliphatic carbocycles. The number of hydrogen-bond donors (Lipinski definition) is 2. The fourth-order valence-corrected chi connectivity index (χ4v) is 4.21. The molecule has 35 heavy (non-hydrogen) atoms. The van der Waals surface area contributed by atoms with Crippen LogP contribution in [-0.2, 0) is 10.0 Å². The Morgan fingerprint density at radius 3 is 2.14 bits per heavy atom. The van der Waals surface area contributed by atoms with Gasteiger partial charge in [0.15, 0.2) is 5.69 Å². The molecule has 178 valence electrons. The molecule has 0 bridgehead atoms. The van der Waals surface area contributed by atoms with E-state index in [1.165, 1.54) is 41.2 Å². The number of hydrogen-bond acceptors (Lipinski definition) is 7. The van der Waals surface area contributed by atoms with Crippen molar-refractivity contribution in [3.05, 3.63) is 99.7 Å². The van der Waals surface area contributed by atoms with E-state index < -0.39 is 21.4 Å². The fourth-order valence-electron chi connectivity index (χ4n) is 3.26. The van der Waals surface area contributed by atoms with Gasteiger partial charge in [0.1, 0.15) is 0 Å². The van der Waals surface area contributed by atoms with Crippen molar-refractivity contribution in [2.45, 2.75) is 25.7 Å². The van der Waals surface area contributed by atoms with E-state index in [2.05, 4.69) is 25.1 Å². The molecule has 0 radical (unpaired) electrons. The smallest absolute Gasteiger partial charge is 0.280 e. The first-order valence-corrected chi connectivity index (χ1v) is 12.0. The molecule has 4 rings (SSSR count). The second-order valence-electron chi connectivity index (χ2n) is 7.87. The van der Waals surface area contributed by atoms with Crippen molar-refractivity contribution >= 4 is 27.6 Å². The van der Waals surface area contributed by atoms with Crippen LogP contribution in [0.2, 0.25) is 0 Å². The number of carbonyl (C=O) groups excluding carboxylic acids is 1. The fraction of sp³-hybridized carbons (Fsp3) is 0.125. The molecule has 0 atom stereocenters. The van der Waals surface area contributed by atoms with Crippen molar-refractivity contribution in [2.75, 3.05) is 10.0 Å². The minimum Gasteiger partial charge on any atom is -0.320 e. The third-order valence-electron chi connectivity index (χ3n) is 4.95. The molecule has 2 N–H and O–H groups in total. The van der Waals surface area contributed by atoms with Crippen LogP contribution in [0.1, 0.15) is 27.4 Å². The molecule has 0 unspecified atom stereocenters. The van der Waals surface area contributed by atoms with E-state index in [-0.39, 0.29) is 16.5 Å². The molecule has 2 aromatic heterocycles. The summed E-state index contributed by atoms with van der Waals surface area (Å²) in [6, 6.07) is 15.9. The lowest BCUT2D eigenvalue weighted by Crippen LogP contribution is -2.25. The van der Waals surface area contributed by atoms with Crippen molar-refractivity contribution < 1.29 is 13.2 Å². The third kappa shape index (κ3) is 5.58. The number of aryl methyl sites for hydroxylation is 3. The zero-order valence-electron chi connectivity index (χ0n) is 19.2. The molecule has 10 nitrogen and oxygen atoms in total. The maximum atomic E-state index is 12.7.